The fourth-order valence-corrected chi connectivity index (χ4v) is 3.69. The highest BCUT2D eigenvalue weighted by atomic mass is 16.5. The van der Waals surface area contributed by atoms with E-state index in [0.29, 0.717) is 25.5 Å². The summed E-state index contributed by atoms with van der Waals surface area (Å²) in [5.74, 6) is 0.335. The average Bonchev–Trinajstić information content (AvgIpc) is 3.24. The molecule has 0 N–H and O–H groups in total. The molecule has 4 rings (SSSR count). The Hall–Kier alpha value is -2.18. The summed E-state index contributed by atoms with van der Waals surface area (Å²) in [7, 11) is 0. The first-order valence-corrected chi connectivity index (χ1v) is 8.72. The van der Waals surface area contributed by atoms with E-state index in [9.17, 15) is 4.79 Å². The van der Waals surface area contributed by atoms with Crippen LogP contribution in [0.5, 0.6) is 0 Å². The molecule has 1 amide bonds. The molecule has 0 aromatic carbocycles. The number of hydrogen-bond acceptors (Lipinski definition) is 5. The number of carbonyl (C=O) groups is 1. The number of likely N-dealkylation sites (tertiary alicyclic amines) is 1. The van der Waals surface area contributed by atoms with Gasteiger partial charge in [0, 0.05) is 18.4 Å². The molecule has 25 heavy (non-hydrogen) atoms. The first-order valence-electron chi connectivity index (χ1n) is 8.72. The SMILES string of the molecule is Cc1ccoc1C(=O)N1C[C@@H](OCc2ccccn2)[C@@H]2OCCC[C@@H]21. The van der Waals surface area contributed by atoms with Crippen LogP contribution in [0.15, 0.2) is 41.1 Å². The number of ether oxygens (including phenoxy) is 2. The van der Waals surface area contributed by atoms with Crippen molar-refractivity contribution in [2.45, 2.75) is 44.6 Å². The molecule has 132 valence electrons. The Morgan fingerprint density at radius 2 is 2.32 bits per heavy atom. The standard InChI is InChI=1S/C19H22N2O4/c1-13-7-10-24-17(13)19(22)21-11-16(18-15(21)6-4-9-23-18)25-12-14-5-2-3-8-20-14/h2-3,5,7-8,10,15-16,18H,4,6,9,11-12H2,1H3/t15-,16+,18+/m0/s1. The van der Waals surface area contributed by atoms with Crippen LogP contribution < -0.4 is 0 Å². The second kappa shape index (κ2) is 6.98. The van der Waals surface area contributed by atoms with Gasteiger partial charge in [0.1, 0.15) is 12.2 Å². The first kappa shape index (κ1) is 16.3. The van der Waals surface area contributed by atoms with Gasteiger partial charge in [-0.15, -0.1) is 0 Å². The molecule has 0 radical (unpaired) electrons. The highest BCUT2D eigenvalue weighted by Gasteiger charge is 2.47. The van der Waals surface area contributed by atoms with E-state index in [1.807, 2.05) is 36.1 Å². The van der Waals surface area contributed by atoms with E-state index < -0.39 is 0 Å². The molecule has 3 atom stereocenters. The maximum atomic E-state index is 12.9. The van der Waals surface area contributed by atoms with Gasteiger partial charge in [0.2, 0.25) is 0 Å². The number of pyridine rings is 1. The normalized spacial score (nSPS) is 25.8. The summed E-state index contributed by atoms with van der Waals surface area (Å²) in [4.78, 5) is 19.1. The number of amides is 1. The molecule has 0 unspecified atom stereocenters. The lowest BCUT2D eigenvalue weighted by molar-refractivity contribution is -0.0815. The van der Waals surface area contributed by atoms with Crippen molar-refractivity contribution in [2.24, 2.45) is 0 Å². The van der Waals surface area contributed by atoms with E-state index in [-0.39, 0.29) is 24.2 Å². The zero-order valence-electron chi connectivity index (χ0n) is 14.3. The van der Waals surface area contributed by atoms with Crippen molar-refractivity contribution in [2.75, 3.05) is 13.2 Å². The van der Waals surface area contributed by atoms with Gasteiger partial charge in [0.25, 0.3) is 5.91 Å². The second-order valence-corrected chi connectivity index (χ2v) is 6.61. The zero-order chi connectivity index (χ0) is 17.2. The smallest absolute Gasteiger partial charge is 0.290 e. The maximum absolute atomic E-state index is 12.9. The van der Waals surface area contributed by atoms with Crippen molar-refractivity contribution in [3.63, 3.8) is 0 Å². The number of rotatable bonds is 4. The maximum Gasteiger partial charge on any atom is 0.290 e. The number of carbonyl (C=O) groups excluding carboxylic acids is 1. The lowest BCUT2D eigenvalue weighted by Gasteiger charge is -2.31. The Labute approximate surface area is 146 Å². The van der Waals surface area contributed by atoms with E-state index in [4.69, 9.17) is 13.9 Å². The molecule has 0 aliphatic carbocycles. The number of hydrogen-bond donors (Lipinski definition) is 0. The summed E-state index contributed by atoms with van der Waals surface area (Å²) in [6.45, 7) is 3.53. The number of furan rings is 1. The Morgan fingerprint density at radius 1 is 1.40 bits per heavy atom. The third kappa shape index (κ3) is 3.19. The fourth-order valence-electron chi connectivity index (χ4n) is 3.69. The van der Waals surface area contributed by atoms with Crippen molar-refractivity contribution in [1.29, 1.82) is 0 Å². The fraction of sp³-hybridized carbons (Fsp3) is 0.474. The van der Waals surface area contributed by atoms with Gasteiger partial charge in [0.05, 0.1) is 31.2 Å². The van der Waals surface area contributed by atoms with Gasteiger partial charge < -0.3 is 18.8 Å². The number of nitrogens with zero attached hydrogens (tertiary/aromatic N) is 2. The summed E-state index contributed by atoms with van der Waals surface area (Å²) < 4.78 is 17.4. The molecule has 0 spiro atoms. The first-order chi connectivity index (χ1) is 12.2. The van der Waals surface area contributed by atoms with E-state index in [1.54, 1.807) is 12.5 Å². The topological polar surface area (TPSA) is 64.8 Å². The summed E-state index contributed by atoms with van der Waals surface area (Å²) in [6, 6.07) is 7.61. The summed E-state index contributed by atoms with van der Waals surface area (Å²) >= 11 is 0. The van der Waals surface area contributed by atoms with E-state index in [0.717, 1.165) is 24.1 Å². The van der Waals surface area contributed by atoms with Crippen LogP contribution in [-0.2, 0) is 16.1 Å². The Balaban J connectivity index is 1.49. The molecule has 2 aromatic heterocycles. The molecular formula is C19H22N2O4. The highest BCUT2D eigenvalue weighted by Crippen LogP contribution is 2.32. The van der Waals surface area contributed by atoms with Crippen molar-refractivity contribution >= 4 is 5.91 Å². The van der Waals surface area contributed by atoms with Crippen molar-refractivity contribution < 1.29 is 18.7 Å². The third-order valence-corrected chi connectivity index (χ3v) is 4.97. The third-order valence-electron chi connectivity index (χ3n) is 4.97. The molecule has 2 aliphatic rings. The van der Waals surface area contributed by atoms with Gasteiger partial charge in [-0.2, -0.15) is 0 Å². The quantitative estimate of drug-likeness (QED) is 0.854. The average molecular weight is 342 g/mol. The monoisotopic (exact) mass is 342 g/mol. The molecule has 2 fully saturated rings. The summed E-state index contributed by atoms with van der Waals surface area (Å²) in [5.41, 5.74) is 1.73. The van der Waals surface area contributed by atoms with Crippen molar-refractivity contribution in [3.05, 3.63) is 53.7 Å². The summed E-state index contributed by atoms with van der Waals surface area (Å²) in [5, 5.41) is 0. The van der Waals surface area contributed by atoms with Crippen LogP contribution in [0.2, 0.25) is 0 Å². The Bertz CT molecular complexity index is 730. The van der Waals surface area contributed by atoms with Crippen LogP contribution in [-0.4, -0.2) is 47.2 Å². The molecule has 2 saturated heterocycles. The van der Waals surface area contributed by atoms with Gasteiger partial charge >= 0.3 is 0 Å². The molecule has 6 heteroatoms. The van der Waals surface area contributed by atoms with Crippen LogP contribution in [0, 0.1) is 6.92 Å². The zero-order valence-corrected chi connectivity index (χ0v) is 14.3. The summed E-state index contributed by atoms with van der Waals surface area (Å²) in [6.07, 6.45) is 4.96. The Kier molecular flexibility index (Phi) is 4.55. The number of aryl methyl sites for hydroxylation is 1. The molecule has 6 nitrogen and oxygen atoms in total. The van der Waals surface area contributed by atoms with Crippen molar-refractivity contribution in [3.8, 4) is 0 Å². The lowest BCUT2D eigenvalue weighted by atomic mass is 10.0. The van der Waals surface area contributed by atoms with Gasteiger partial charge in [-0.05, 0) is 38.0 Å². The largest absolute Gasteiger partial charge is 0.459 e. The molecule has 0 bridgehead atoms. The Morgan fingerprint density at radius 3 is 3.08 bits per heavy atom. The molecular weight excluding hydrogens is 320 g/mol. The van der Waals surface area contributed by atoms with E-state index >= 15 is 0 Å². The van der Waals surface area contributed by atoms with Crippen LogP contribution >= 0.6 is 0 Å². The molecule has 0 saturated carbocycles. The molecule has 2 aliphatic heterocycles. The predicted octanol–water partition coefficient (Wildman–Crippen LogP) is 2.57. The number of aromatic nitrogens is 1. The molecule has 2 aromatic rings. The van der Waals surface area contributed by atoms with E-state index in [1.165, 1.54) is 0 Å². The van der Waals surface area contributed by atoms with Gasteiger partial charge in [-0.1, -0.05) is 6.07 Å². The number of fused-ring (bicyclic) bond motifs is 1. The predicted molar refractivity (Wildman–Crippen MR) is 90.1 cm³/mol. The van der Waals surface area contributed by atoms with Crippen LogP contribution in [0.25, 0.3) is 0 Å². The van der Waals surface area contributed by atoms with Crippen molar-refractivity contribution in [1.82, 2.24) is 9.88 Å². The minimum atomic E-state index is -0.147. The lowest BCUT2D eigenvalue weighted by Crippen LogP contribution is -2.43. The highest BCUT2D eigenvalue weighted by molar-refractivity contribution is 5.93. The van der Waals surface area contributed by atoms with Gasteiger partial charge in [-0.3, -0.25) is 9.78 Å². The second-order valence-electron chi connectivity index (χ2n) is 6.61. The van der Waals surface area contributed by atoms with Crippen LogP contribution in [0.3, 0.4) is 0 Å². The van der Waals surface area contributed by atoms with Gasteiger partial charge in [-0.25, -0.2) is 0 Å². The van der Waals surface area contributed by atoms with E-state index in [2.05, 4.69) is 4.98 Å². The van der Waals surface area contributed by atoms with Crippen LogP contribution in [0.1, 0.15) is 34.7 Å². The minimum Gasteiger partial charge on any atom is -0.459 e. The minimum absolute atomic E-state index is 0.0412. The van der Waals surface area contributed by atoms with Gasteiger partial charge in [0.15, 0.2) is 5.76 Å². The van der Waals surface area contributed by atoms with Crippen LogP contribution in [0.4, 0.5) is 0 Å². The molecule has 4 heterocycles.